The van der Waals surface area contributed by atoms with E-state index in [9.17, 15) is 10.4 Å². The van der Waals surface area contributed by atoms with Crippen molar-refractivity contribution in [2.24, 2.45) is 0 Å². The molecule has 1 aliphatic heterocycles. The van der Waals surface area contributed by atoms with Crippen LogP contribution in [0.2, 0.25) is 0 Å². The molecule has 1 aliphatic rings. The Kier molecular flexibility index (Phi) is 6.47. The standard InChI is InChI=1S/C20H24N4O3/c1-26-18-6-2-3-7-19(18)27-15-17(25)14-23-9-11-24(12-10-23)20-16(13-21)5-4-8-22-20/h2-8,17,25H,9-12,14-15H2,1H3. The predicted molar refractivity (Wildman–Crippen MR) is 102 cm³/mol. The molecule has 7 heteroatoms. The van der Waals surface area contributed by atoms with Crippen molar-refractivity contribution >= 4 is 5.82 Å². The molecule has 0 amide bonds. The summed E-state index contributed by atoms with van der Waals surface area (Å²) >= 11 is 0. The fourth-order valence-corrected chi connectivity index (χ4v) is 3.15. The van der Waals surface area contributed by atoms with E-state index in [1.165, 1.54) is 0 Å². The summed E-state index contributed by atoms with van der Waals surface area (Å²) in [5.74, 6) is 2.02. The highest BCUT2D eigenvalue weighted by Crippen LogP contribution is 2.26. The Balaban J connectivity index is 1.47. The van der Waals surface area contributed by atoms with E-state index in [0.29, 0.717) is 23.6 Å². The largest absolute Gasteiger partial charge is 0.493 e. The van der Waals surface area contributed by atoms with Crippen LogP contribution >= 0.6 is 0 Å². The highest BCUT2D eigenvalue weighted by molar-refractivity contribution is 5.53. The third-order valence-corrected chi connectivity index (χ3v) is 4.55. The van der Waals surface area contributed by atoms with Gasteiger partial charge in [0, 0.05) is 38.9 Å². The summed E-state index contributed by atoms with van der Waals surface area (Å²) in [6, 6.07) is 13.2. The highest BCUT2D eigenvalue weighted by atomic mass is 16.5. The molecule has 27 heavy (non-hydrogen) atoms. The summed E-state index contributed by atoms with van der Waals surface area (Å²) in [4.78, 5) is 8.66. The maximum atomic E-state index is 10.3. The fourth-order valence-electron chi connectivity index (χ4n) is 3.15. The van der Waals surface area contributed by atoms with Gasteiger partial charge >= 0.3 is 0 Å². The molecule has 3 rings (SSSR count). The minimum Gasteiger partial charge on any atom is -0.493 e. The van der Waals surface area contributed by atoms with E-state index >= 15 is 0 Å². The number of nitrogens with zero attached hydrogens (tertiary/aromatic N) is 4. The Hall–Kier alpha value is -2.82. The Morgan fingerprint density at radius 3 is 2.59 bits per heavy atom. The highest BCUT2D eigenvalue weighted by Gasteiger charge is 2.22. The van der Waals surface area contributed by atoms with Crippen LogP contribution in [0.4, 0.5) is 5.82 Å². The van der Waals surface area contributed by atoms with E-state index in [1.807, 2.05) is 24.3 Å². The average Bonchev–Trinajstić information content (AvgIpc) is 2.73. The summed E-state index contributed by atoms with van der Waals surface area (Å²) in [7, 11) is 1.59. The van der Waals surface area contributed by atoms with Gasteiger partial charge in [-0.1, -0.05) is 12.1 Å². The van der Waals surface area contributed by atoms with Crippen LogP contribution in [0.1, 0.15) is 5.56 Å². The van der Waals surface area contributed by atoms with Crippen molar-refractivity contribution in [2.75, 3.05) is 51.3 Å². The number of hydrogen-bond acceptors (Lipinski definition) is 7. The van der Waals surface area contributed by atoms with Gasteiger partial charge in [0.25, 0.3) is 0 Å². The molecule has 7 nitrogen and oxygen atoms in total. The first-order valence-corrected chi connectivity index (χ1v) is 8.97. The minimum absolute atomic E-state index is 0.208. The number of ether oxygens (including phenoxy) is 2. The quantitative estimate of drug-likeness (QED) is 0.793. The van der Waals surface area contributed by atoms with Gasteiger partial charge in [-0.3, -0.25) is 4.90 Å². The van der Waals surface area contributed by atoms with Crippen molar-refractivity contribution in [1.82, 2.24) is 9.88 Å². The molecule has 1 fully saturated rings. The molecule has 2 heterocycles. The van der Waals surface area contributed by atoms with Gasteiger partial charge in [0.2, 0.25) is 0 Å². The molecule has 0 radical (unpaired) electrons. The van der Waals surface area contributed by atoms with E-state index in [0.717, 1.165) is 32.0 Å². The summed E-state index contributed by atoms with van der Waals surface area (Å²) in [6.07, 6.45) is 1.12. The lowest BCUT2D eigenvalue weighted by molar-refractivity contribution is 0.0653. The number of methoxy groups -OCH3 is 1. The van der Waals surface area contributed by atoms with Crippen LogP contribution in [0, 0.1) is 11.3 Å². The summed E-state index contributed by atoms with van der Waals surface area (Å²) < 4.78 is 10.9. The molecule has 0 aliphatic carbocycles. The number of pyridine rings is 1. The maximum absolute atomic E-state index is 10.3. The molecule has 2 aromatic rings. The first-order valence-electron chi connectivity index (χ1n) is 8.97. The van der Waals surface area contributed by atoms with Gasteiger partial charge in [0.1, 0.15) is 24.6 Å². The number of aliphatic hydroxyl groups is 1. The summed E-state index contributed by atoms with van der Waals surface area (Å²) in [6.45, 7) is 3.88. The molecule has 1 atom stereocenters. The Morgan fingerprint density at radius 2 is 1.89 bits per heavy atom. The lowest BCUT2D eigenvalue weighted by Crippen LogP contribution is -2.49. The number of anilines is 1. The molecule has 0 spiro atoms. The van der Waals surface area contributed by atoms with Crippen LogP contribution < -0.4 is 14.4 Å². The van der Waals surface area contributed by atoms with Crippen molar-refractivity contribution in [3.8, 4) is 17.6 Å². The third kappa shape index (κ3) is 4.88. The van der Waals surface area contributed by atoms with Crippen LogP contribution in [0.25, 0.3) is 0 Å². The second kappa shape index (κ2) is 9.21. The molecule has 142 valence electrons. The fraction of sp³-hybridized carbons (Fsp3) is 0.400. The number of piperazine rings is 1. The molecular formula is C20H24N4O3. The summed E-state index contributed by atoms with van der Waals surface area (Å²) in [5.41, 5.74) is 0.594. The zero-order valence-electron chi connectivity index (χ0n) is 15.4. The predicted octanol–water partition coefficient (Wildman–Crippen LogP) is 1.52. The van der Waals surface area contributed by atoms with Crippen molar-refractivity contribution in [3.05, 3.63) is 48.2 Å². The SMILES string of the molecule is COc1ccccc1OCC(O)CN1CCN(c2ncccc2C#N)CC1. The van der Waals surface area contributed by atoms with Crippen LogP contribution in [0.3, 0.4) is 0 Å². The molecule has 1 saturated heterocycles. The molecular weight excluding hydrogens is 344 g/mol. The monoisotopic (exact) mass is 368 g/mol. The molecule has 1 aromatic heterocycles. The first kappa shape index (κ1) is 19.0. The number of rotatable bonds is 7. The molecule has 1 aromatic carbocycles. The van der Waals surface area contributed by atoms with E-state index in [4.69, 9.17) is 9.47 Å². The molecule has 1 unspecified atom stereocenters. The van der Waals surface area contributed by atoms with Crippen LogP contribution in [0.5, 0.6) is 11.5 Å². The van der Waals surface area contributed by atoms with Crippen molar-refractivity contribution < 1.29 is 14.6 Å². The van der Waals surface area contributed by atoms with E-state index in [1.54, 1.807) is 25.4 Å². The van der Waals surface area contributed by atoms with Crippen LogP contribution in [-0.2, 0) is 0 Å². The van der Waals surface area contributed by atoms with Gasteiger partial charge in [-0.25, -0.2) is 4.98 Å². The normalized spacial score (nSPS) is 15.8. The zero-order chi connectivity index (χ0) is 19.1. The smallest absolute Gasteiger partial charge is 0.161 e. The lowest BCUT2D eigenvalue weighted by atomic mass is 10.2. The van der Waals surface area contributed by atoms with Crippen molar-refractivity contribution in [1.29, 1.82) is 5.26 Å². The third-order valence-electron chi connectivity index (χ3n) is 4.55. The molecule has 0 bridgehead atoms. The Bertz CT molecular complexity index is 785. The number of nitriles is 1. The number of para-hydroxylation sites is 2. The number of aliphatic hydroxyl groups excluding tert-OH is 1. The van der Waals surface area contributed by atoms with Gasteiger partial charge < -0.3 is 19.5 Å². The second-order valence-corrected chi connectivity index (χ2v) is 6.39. The van der Waals surface area contributed by atoms with Gasteiger partial charge in [-0.15, -0.1) is 0 Å². The van der Waals surface area contributed by atoms with Gasteiger partial charge in [-0.2, -0.15) is 5.26 Å². The molecule has 0 saturated carbocycles. The van der Waals surface area contributed by atoms with Crippen LogP contribution in [-0.4, -0.2) is 67.5 Å². The number of β-amino-alcohol motifs (C(OH)–C–C–N with tert-alkyl or cyclic N) is 1. The Labute approximate surface area is 159 Å². The number of hydrogen-bond donors (Lipinski definition) is 1. The lowest BCUT2D eigenvalue weighted by Gasteiger charge is -2.36. The Morgan fingerprint density at radius 1 is 1.15 bits per heavy atom. The average molecular weight is 368 g/mol. The van der Waals surface area contributed by atoms with Crippen molar-refractivity contribution in [2.45, 2.75) is 6.10 Å². The number of benzene rings is 1. The van der Waals surface area contributed by atoms with Crippen molar-refractivity contribution in [3.63, 3.8) is 0 Å². The first-order chi connectivity index (χ1) is 13.2. The minimum atomic E-state index is -0.592. The van der Waals surface area contributed by atoms with Gasteiger partial charge in [0.05, 0.1) is 12.7 Å². The maximum Gasteiger partial charge on any atom is 0.161 e. The molecule has 1 N–H and O–H groups in total. The summed E-state index contributed by atoms with van der Waals surface area (Å²) in [5, 5.41) is 19.5. The second-order valence-electron chi connectivity index (χ2n) is 6.39. The topological polar surface area (TPSA) is 81.8 Å². The number of aromatic nitrogens is 1. The van der Waals surface area contributed by atoms with E-state index < -0.39 is 6.10 Å². The van der Waals surface area contributed by atoms with E-state index in [-0.39, 0.29) is 6.61 Å². The van der Waals surface area contributed by atoms with Gasteiger partial charge in [0.15, 0.2) is 11.5 Å². The van der Waals surface area contributed by atoms with E-state index in [2.05, 4.69) is 20.9 Å². The van der Waals surface area contributed by atoms with Gasteiger partial charge in [-0.05, 0) is 24.3 Å². The van der Waals surface area contributed by atoms with Crippen LogP contribution in [0.15, 0.2) is 42.6 Å². The zero-order valence-corrected chi connectivity index (χ0v) is 15.4.